The molecule has 2 aromatic rings. The van der Waals surface area contributed by atoms with Crippen LogP contribution in [0.4, 0.5) is 5.69 Å². The van der Waals surface area contributed by atoms with Gasteiger partial charge in [-0.1, -0.05) is 6.07 Å². The highest BCUT2D eigenvalue weighted by Gasteiger charge is 2.34. The minimum Gasteiger partial charge on any atom is -0.497 e. The van der Waals surface area contributed by atoms with Gasteiger partial charge in [-0.3, -0.25) is 14.7 Å². The fourth-order valence-corrected chi connectivity index (χ4v) is 3.30. The number of carbonyl (C=O) groups excluding carboxylic acids is 1. The van der Waals surface area contributed by atoms with E-state index in [2.05, 4.69) is 10.3 Å². The second-order valence-electron chi connectivity index (χ2n) is 6.66. The number of ether oxygens (including phenoxy) is 2. The van der Waals surface area contributed by atoms with Crippen LogP contribution in [-0.2, 0) is 10.4 Å². The van der Waals surface area contributed by atoms with Gasteiger partial charge in [-0.15, -0.1) is 0 Å². The van der Waals surface area contributed by atoms with E-state index in [9.17, 15) is 9.90 Å². The number of methoxy groups -OCH3 is 2. The molecule has 1 aromatic heterocycles. The molecule has 0 atom stereocenters. The van der Waals surface area contributed by atoms with E-state index in [0.717, 1.165) is 5.56 Å². The molecule has 0 bridgehead atoms. The molecule has 2 heterocycles. The van der Waals surface area contributed by atoms with Gasteiger partial charge < -0.3 is 19.9 Å². The van der Waals surface area contributed by atoms with Gasteiger partial charge in [-0.05, 0) is 31.0 Å². The Balaban J connectivity index is 1.56. The molecule has 1 saturated heterocycles. The first kappa shape index (κ1) is 19.1. The van der Waals surface area contributed by atoms with Crippen LogP contribution in [0.5, 0.6) is 11.5 Å². The van der Waals surface area contributed by atoms with Gasteiger partial charge in [0.1, 0.15) is 11.5 Å². The maximum Gasteiger partial charge on any atom is 0.238 e. The molecule has 1 amide bonds. The fraction of sp³-hybridized carbons (Fsp3) is 0.400. The number of nitrogens with one attached hydrogen (secondary N) is 1. The summed E-state index contributed by atoms with van der Waals surface area (Å²) in [5.41, 5.74) is 0.560. The lowest BCUT2D eigenvalue weighted by Crippen LogP contribution is -2.45. The highest BCUT2D eigenvalue weighted by Crippen LogP contribution is 2.32. The Morgan fingerprint density at radius 2 is 2.04 bits per heavy atom. The minimum atomic E-state index is -0.875. The largest absolute Gasteiger partial charge is 0.497 e. The van der Waals surface area contributed by atoms with Crippen molar-refractivity contribution in [1.29, 1.82) is 0 Å². The SMILES string of the molecule is COc1ccc(NC(=O)CN2CCC(O)(c3cccnc3)CC2)c(OC)c1. The van der Waals surface area contributed by atoms with E-state index in [4.69, 9.17) is 9.47 Å². The predicted molar refractivity (Wildman–Crippen MR) is 102 cm³/mol. The lowest BCUT2D eigenvalue weighted by molar-refractivity contribution is -0.118. The van der Waals surface area contributed by atoms with Crippen molar-refractivity contribution < 1.29 is 19.4 Å². The number of aromatic nitrogens is 1. The zero-order valence-electron chi connectivity index (χ0n) is 15.6. The highest BCUT2D eigenvalue weighted by atomic mass is 16.5. The molecule has 2 N–H and O–H groups in total. The summed E-state index contributed by atoms with van der Waals surface area (Å²) in [6.45, 7) is 1.54. The summed E-state index contributed by atoms with van der Waals surface area (Å²) in [5.74, 6) is 1.09. The van der Waals surface area contributed by atoms with Crippen LogP contribution >= 0.6 is 0 Å². The Labute approximate surface area is 158 Å². The number of anilines is 1. The predicted octanol–water partition coefficient (Wildman–Crippen LogP) is 2.02. The number of aliphatic hydroxyl groups is 1. The molecule has 7 heteroatoms. The maximum atomic E-state index is 12.4. The number of likely N-dealkylation sites (tertiary alicyclic amines) is 1. The monoisotopic (exact) mass is 371 g/mol. The number of hydrogen-bond donors (Lipinski definition) is 2. The van der Waals surface area contributed by atoms with E-state index in [-0.39, 0.29) is 12.5 Å². The molecule has 0 spiro atoms. The van der Waals surface area contributed by atoms with E-state index in [1.165, 1.54) is 0 Å². The number of piperidine rings is 1. The van der Waals surface area contributed by atoms with Gasteiger partial charge in [0.25, 0.3) is 0 Å². The number of rotatable bonds is 6. The van der Waals surface area contributed by atoms with Crippen molar-refractivity contribution in [2.24, 2.45) is 0 Å². The van der Waals surface area contributed by atoms with Crippen LogP contribution in [0.15, 0.2) is 42.7 Å². The van der Waals surface area contributed by atoms with Crippen molar-refractivity contribution in [3.63, 3.8) is 0 Å². The zero-order chi connectivity index (χ0) is 19.3. The molecule has 0 radical (unpaired) electrons. The molecule has 1 aliphatic rings. The molecular weight excluding hydrogens is 346 g/mol. The molecule has 0 unspecified atom stereocenters. The number of benzene rings is 1. The molecule has 3 rings (SSSR count). The molecule has 144 valence electrons. The topological polar surface area (TPSA) is 83.9 Å². The lowest BCUT2D eigenvalue weighted by atomic mass is 9.85. The Bertz CT molecular complexity index is 774. The summed E-state index contributed by atoms with van der Waals surface area (Å²) in [7, 11) is 3.13. The van der Waals surface area contributed by atoms with E-state index >= 15 is 0 Å². The van der Waals surface area contributed by atoms with Gasteiger partial charge in [0.05, 0.1) is 32.1 Å². The van der Waals surface area contributed by atoms with Crippen molar-refractivity contribution in [2.75, 3.05) is 39.2 Å². The Morgan fingerprint density at radius 1 is 1.26 bits per heavy atom. The van der Waals surface area contributed by atoms with Crippen molar-refractivity contribution in [1.82, 2.24) is 9.88 Å². The Kier molecular flexibility index (Phi) is 5.93. The summed E-state index contributed by atoms with van der Waals surface area (Å²) >= 11 is 0. The van der Waals surface area contributed by atoms with Crippen molar-refractivity contribution in [3.8, 4) is 11.5 Å². The van der Waals surface area contributed by atoms with Crippen LogP contribution in [0.1, 0.15) is 18.4 Å². The average Bonchev–Trinajstić information content (AvgIpc) is 2.71. The molecule has 7 nitrogen and oxygen atoms in total. The summed E-state index contributed by atoms with van der Waals surface area (Å²) in [5, 5.41) is 13.7. The van der Waals surface area contributed by atoms with Gasteiger partial charge in [-0.2, -0.15) is 0 Å². The number of carbonyl (C=O) groups is 1. The third kappa shape index (κ3) is 4.56. The van der Waals surface area contributed by atoms with E-state index < -0.39 is 5.60 Å². The van der Waals surface area contributed by atoms with Gasteiger partial charge >= 0.3 is 0 Å². The summed E-state index contributed by atoms with van der Waals surface area (Å²) in [6, 6.07) is 8.98. The number of hydrogen-bond acceptors (Lipinski definition) is 6. The zero-order valence-corrected chi connectivity index (χ0v) is 15.6. The first-order valence-corrected chi connectivity index (χ1v) is 8.91. The molecule has 0 saturated carbocycles. The van der Waals surface area contributed by atoms with Crippen LogP contribution < -0.4 is 14.8 Å². The number of pyridine rings is 1. The summed E-state index contributed by atoms with van der Waals surface area (Å²) in [4.78, 5) is 18.5. The van der Waals surface area contributed by atoms with E-state index in [1.54, 1.807) is 44.8 Å². The van der Waals surface area contributed by atoms with Crippen LogP contribution in [0, 0.1) is 0 Å². The standard InChI is InChI=1S/C20H25N3O4/c1-26-16-5-6-17(18(12-16)27-2)22-19(24)14-23-10-7-20(25,8-11-23)15-4-3-9-21-13-15/h3-6,9,12-13,25H,7-8,10-11,14H2,1-2H3,(H,22,24). The van der Waals surface area contributed by atoms with Gasteiger partial charge in [0, 0.05) is 37.1 Å². The first-order chi connectivity index (χ1) is 13.0. The molecule has 1 aliphatic heterocycles. The maximum absolute atomic E-state index is 12.4. The van der Waals surface area contributed by atoms with Gasteiger partial charge in [0.2, 0.25) is 5.91 Å². The third-order valence-electron chi connectivity index (χ3n) is 4.93. The van der Waals surface area contributed by atoms with Crippen molar-refractivity contribution >= 4 is 11.6 Å². The molecule has 1 fully saturated rings. The first-order valence-electron chi connectivity index (χ1n) is 8.91. The summed E-state index contributed by atoms with van der Waals surface area (Å²) < 4.78 is 10.5. The number of nitrogens with zero attached hydrogens (tertiary/aromatic N) is 2. The summed E-state index contributed by atoms with van der Waals surface area (Å²) in [6.07, 6.45) is 4.54. The quantitative estimate of drug-likeness (QED) is 0.808. The molecule has 1 aromatic carbocycles. The second kappa shape index (κ2) is 8.37. The fourth-order valence-electron chi connectivity index (χ4n) is 3.30. The van der Waals surface area contributed by atoms with Crippen LogP contribution in [0.3, 0.4) is 0 Å². The average molecular weight is 371 g/mol. The molecule has 27 heavy (non-hydrogen) atoms. The molecular formula is C20H25N3O4. The lowest BCUT2D eigenvalue weighted by Gasteiger charge is -2.38. The Hall–Kier alpha value is -2.64. The van der Waals surface area contributed by atoms with Gasteiger partial charge in [0.15, 0.2) is 0 Å². The van der Waals surface area contributed by atoms with Gasteiger partial charge in [-0.25, -0.2) is 0 Å². The van der Waals surface area contributed by atoms with Crippen molar-refractivity contribution in [3.05, 3.63) is 48.3 Å². The minimum absolute atomic E-state index is 0.120. The smallest absolute Gasteiger partial charge is 0.238 e. The van der Waals surface area contributed by atoms with Crippen LogP contribution in [0.25, 0.3) is 0 Å². The van der Waals surface area contributed by atoms with E-state index in [1.807, 2.05) is 17.0 Å². The number of amides is 1. The van der Waals surface area contributed by atoms with E-state index in [0.29, 0.717) is 43.1 Å². The van der Waals surface area contributed by atoms with Crippen molar-refractivity contribution in [2.45, 2.75) is 18.4 Å². The highest BCUT2D eigenvalue weighted by molar-refractivity contribution is 5.93. The molecule has 0 aliphatic carbocycles. The normalized spacial score (nSPS) is 16.6. The van der Waals surface area contributed by atoms with Crippen LogP contribution in [-0.4, -0.2) is 54.8 Å². The third-order valence-corrected chi connectivity index (χ3v) is 4.93. The second-order valence-corrected chi connectivity index (χ2v) is 6.66. The van der Waals surface area contributed by atoms with Crippen LogP contribution in [0.2, 0.25) is 0 Å². The Morgan fingerprint density at radius 3 is 2.67 bits per heavy atom.